The van der Waals surface area contributed by atoms with Crippen LogP contribution in [-0.4, -0.2) is 15.1 Å². The van der Waals surface area contributed by atoms with Crippen LogP contribution in [0.2, 0.25) is 0 Å². The van der Waals surface area contributed by atoms with E-state index < -0.39 is 0 Å². The van der Waals surface area contributed by atoms with Gasteiger partial charge < -0.3 is 10.3 Å². The summed E-state index contributed by atoms with van der Waals surface area (Å²) < 4.78 is 2.30. The first-order valence-electron chi connectivity index (χ1n) is 5.52. The van der Waals surface area contributed by atoms with Crippen LogP contribution in [0.25, 0.3) is 0 Å². The highest BCUT2D eigenvalue weighted by atomic mass is 15.1. The first-order chi connectivity index (χ1) is 6.69. The van der Waals surface area contributed by atoms with E-state index in [-0.39, 0.29) is 5.54 Å². The first-order valence-corrected chi connectivity index (χ1v) is 5.52. The molecule has 1 unspecified atom stereocenters. The molecule has 1 aromatic rings. The summed E-state index contributed by atoms with van der Waals surface area (Å²) in [7, 11) is 0. The predicted molar refractivity (Wildman–Crippen MR) is 55.1 cm³/mol. The summed E-state index contributed by atoms with van der Waals surface area (Å²) in [5.41, 5.74) is 7.52. The molecule has 0 spiro atoms. The lowest BCUT2D eigenvalue weighted by molar-refractivity contribution is 0.379. The van der Waals surface area contributed by atoms with Gasteiger partial charge in [0, 0.05) is 24.2 Å². The number of fused-ring (bicyclic) bond motifs is 1. The summed E-state index contributed by atoms with van der Waals surface area (Å²) in [6, 6.07) is 0. The molecule has 2 aliphatic rings. The van der Waals surface area contributed by atoms with Gasteiger partial charge in [0.15, 0.2) is 0 Å². The number of nitrogens with two attached hydrogens (primary N) is 1. The van der Waals surface area contributed by atoms with Crippen molar-refractivity contribution >= 4 is 0 Å². The highest BCUT2D eigenvalue weighted by molar-refractivity contribution is 5.20. The SMILES string of the molecule is Cc1cn2c(n1)C(C1(N)CC1)CCC2. The Labute approximate surface area is 84.3 Å². The number of nitrogens with zero attached hydrogens (tertiary/aromatic N) is 2. The second kappa shape index (κ2) is 2.60. The van der Waals surface area contributed by atoms with Gasteiger partial charge in [0.1, 0.15) is 5.82 Å². The van der Waals surface area contributed by atoms with Crippen molar-refractivity contribution in [2.24, 2.45) is 5.73 Å². The van der Waals surface area contributed by atoms with Gasteiger partial charge in [-0.15, -0.1) is 0 Å². The Balaban J connectivity index is 2.02. The van der Waals surface area contributed by atoms with Crippen LogP contribution in [0.5, 0.6) is 0 Å². The lowest BCUT2D eigenvalue weighted by Crippen LogP contribution is -2.34. The quantitative estimate of drug-likeness (QED) is 0.732. The van der Waals surface area contributed by atoms with Crippen LogP contribution in [0.1, 0.15) is 43.1 Å². The molecule has 1 fully saturated rings. The van der Waals surface area contributed by atoms with Crippen molar-refractivity contribution in [1.29, 1.82) is 0 Å². The largest absolute Gasteiger partial charge is 0.334 e. The third kappa shape index (κ3) is 1.12. The van der Waals surface area contributed by atoms with Gasteiger partial charge in [-0.05, 0) is 32.6 Å². The third-order valence-corrected chi connectivity index (χ3v) is 3.65. The molecule has 3 heteroatoms. The van der Waals surface area contributed by atoms with Crippen LogP contribution >= 0.6 is 0 Å². The Morgan fingerprint density at radius 1 is 1.57 bits per heavy atom. The minimum Gasteiger partial charge on any atom is -0.334 e. The highest BCUT2D eigenvalue weighted by Gasteiger charge is 2.48. The van der Waals surface area contributed by atoms with E-state index in [1.165, 1.54) is 31.5 Å². The molecule has 0 bridgehead atoms. The third-order valence-electron chi connectivity index (χ3n) is 3.65. The zero-order valence-corrected chi connectivity index (χ0v) is 8.66. The van der Waals surface area contributed by atoms with Crippen LogP contribution in [0, 0.1) is 6.92 Å². The number of rotatable bonds is 1. The summed E-state index contributed by atoms with van der Waals surface area (Å²) in [5.74, 6) is 1.76. The fourth-order valence-electron chi connectivity index (χ4n) is 2.65. The molecule has 0 saturated heterocycles. The van der Waals surface area contributed by atoms with Gasteiger partial charge in [-0.1, -0.05) is 0 Å². The summed E-state index contributed by atoms with van der Waals surface area (Å²) in [6.07, 6.45) is 7.01. The number of hydrogen-bond donors (Lipinski definition) is 1. The van der Waals surface area contributed by atoms with E-state index >= 15 is 0 Å². The fourth-order valence-corrected chi connectivity index (χ4v) is 2.65. The molecule has 3 nitrogen and oxygen atoms in total. The van der Waals surface area contributed by atoms with E-state index in [9.17, 15) is 0 Å². The molecular formula is C11H17N3. The van der Waals surface area contributed by atoms with E-state index in [0.29, 0.717) is 5.92 Å². The van der Waals surface area contributed by atoms with Crippen LogP contribution in [-0.2, 0) is 6.54 Å². The van der Waals surface area contributed by atoms with Crippen LogP contribution < -0.4 is 5.73 Å². The first kappa shape index (κ1) is 8.48. The van der Waals surface area contributed by atoms with E-state index in [1.54, 1.807) is 0 Å². The smallest absolute Gasteiger partial charge is 0.113 e. The molecule has 14 heavy (non-hydrogen) atoms. The topological polar surface area (TPSA) is 43.8 Å². The average molecular weight is 191 g/mol. The fraction of sp³-hybridized carbons (Fsp3) is 0.727. The van der Waals surface area contributed by atoms with Gasteiger partial charge in [0.2, 0.25) is 0 Å². The standard InChI is InChI=1S/C11H17N3/c1-8-7-14-6-2-3-9(10(14)13-8)11(12)4-5-11/h7,9H,2-6,12H2,1H3. The molecule has 1 aliphatic heterocycles. The van der Waals surface area contributed by atoms with Gasteiger partial charge in [-0.2, -0.15) is 0 Å². The molecule has 1 atom stereocenters. The summed E-state index contributed by atoms with van der Waals surface area (Å²) in [6.45, 7) is 3.20. The molecule has 0 radical (unpaired) electrons. The maximum atomic E-state index is 6.29. The van der Waals surface area contributed by atoms with Crippen molar-refractivity contribution in [3.8, 4) is 0 Å². The Kier molecular flexibility index (Phi) is 1.57. The molecule has 2 N–H and O–H groups in total. The zero-order chi connectivity index (χ0) is 9.76. The lowest BCUT2D eigenvalue weighted by Gasteiger charge is -2.28. The van der Waals surface area contributed by atoms with E-state index in [0.717, 1.165) is 12.2 Å². The Morgan fingerprint density at radius 3 is 3.07 bits per heavy atom. The number of imidazole rings is 1. The molecular weight excluding hydrogens is 174 g/mol. The van der Waals surface area contributed by atoms with Gasteiger partial charge in [-0.25, -0.2) is 4.98 Å². The lowest BCUT2D eigenvalue weighted by atomic mass is 9.89. The molecule has 0 amide bonds. The summed E-state index contributed by atoms with van der Waals surface area (Å²) in [5, 5.41) is 0. The maximum Gasteiger partial charge on any atom is 0.113 e. The zero-order valence-electron chi connectivity index (χ0n) is 8.66. The van der Waals surface area contributed by atoms with Crippen LogP contribution in [0.4, 0.5) is 0 Å². The molecule has 0 aromatic carbocycles. The number of hydrogen-bond acceptors (Lipinski definition) is 2. The second-order valence-corrected chi connectivity index (χ2v) is 4.86. The Hall–Kier alpha value is -0.830. The van der Waals surface area contributed by atoms with Crippen molar-refractivity contribution in [3.05, 3.63) is 17.7 Å². The minimum atomic E-state index is 0.0932. The molecule has 1 aromatic heterocycles. The summed E-state index contributed by atoms with van der Waals surface area (Å²) in [4.78, 5) is 4.62. The molecule has 1 saturated carbocycles. The van der Waals surface area contributed by atoms with Crippen molar-refractivity contribution in [2.75, 3.05) is 0 Å². The van der Waals surface area contributed by atoms with Gasteiger partial charge >= 0.3 is 0 Å². The minimum absolute atomic E-state index is 0.0932. The van der Waals surface area contributed by atoms with E-state index in [1.807, 2.05) is 0 Å². The van der Waals surface area contributed by atoms with Crippen molar-refractivity contribution in [1.82, 2.24) is 9.55 Å². The molecule has 3 rings (SSSR count). The van der Waals surface area contributed by atoms with Crippen molar-refractivity contribution in [3.63, 3.8) is 0 Å². The van der Waals surface area contributed by atoms with Crippen LogP contribution in [0.15, 0.2) is 6.20 Å². The maximum absolute atomic E-state index is 6.29. The van der Waals surface area contributed by atoms with Gasteiger partial charge in [-0.3, -0.25) is 0 Å². The Bertz CT molecular complexity index is 363. The number of aryl methyl sites for hydroxylation is 2. The van der Waals surface area contributed by atoms with Crippen LogP contribution in [0.3, 0.4) is 0 Å². The average Bonchev–Trinajstić information content (AvgIpc) is 2.78. The normalized spacial score (nSPS) is 28.6. The van der Waals surface area contributed by atoms with E-state index in [2.05, 4.69) is 22.7 Å². The highest BCUT2D eigenvalue weighted by Crippen LogP contribution is 2.48. The summed E-state index contributed by atoms with van der Waals surface area (Å²) >= 11 is 0. The van der Waals surface area contributed by atoms with Gasteiger partial charge in [0.05, 0.1) is 5.69 Å². The Morgan fingerprint density at radius 2 is 2.36 bits per heavy atom. The molecule has 76 valence electrons. The van der Waals surface area contributed by atoms with Gasteiger partial charge in [0.25, 0.3) is 0 Å². The van der Waals surface area contributed by atoms with E-state index in [4.69, 9.17) is 5.73 Å². The molecule has 1 aliphatic carbocycles. The monoisotopic (exact) mass is 191 g/mol. The van der Waals surface area contributed by atoms with Crippen molar-refractivity contribution in [2.45, 2.75) is 50.6 Å². The second-order valence-electron chi connectivity index (χ2n) is 4.86. The number of aromatic nitrogens is 2. The molecule has 2 heterocycles. The predicted octanol–water partition coefficient (Wildman–Crippen LogP) is 1.56. The van der Waals surface area contributed by atoms with Crippen molar-refractivity contribution < 1.29 is 0 Å².